The van der Waals surface area contributed by atoms with Crippen molar-refractivity contribution in [1.29, 1.82) is 0 Å². The van der Waals surface area contributed by atoms with Gasteiger partial charge in [0.25, 0.3) is 11.5 Å². The molecule has 0 radical (unpaired) electrons. The van der Waals surface area contributed by atoms with Crippen LogP contribution in [-0.4, -0.2) is 17.5 Å². The van der Waals surface area contributed by atoms with Gasteiger partial charge in [-0.3, -0.25) is 9.59 Å². The molecule has 0 aliphatic heterocycles. The molecule has 1 N–H and O–H groups in total. The summed E-state index contributed by atoms with van der Waals surface area (Å²) in [6.07, 6.45) is 0. The van der Waals surface area contributed by atoms with E-state index >= 15 is 0 Å². The first kappa shape index (κ1) is 15.0. The van der Waals surface area contributed by atoms with E-state index in [1.165, 1.54) is 23.7 Å². The summed E-state index contributed by atoms with van der Waals surface area (Å²) in [5.74, 6) is -0.728. The lowest BCUT2D eigenvalue weighted by Gasteiger charge is -2.14. The van der Waals surface area contributed by atoms with E-state index in [1.807, 2.05) is 13.8 Å². The average molecular weight is 288 g/mol. The van der Waals surface area contributed by atoms with Crippen molar-refractivity contribution in [2.45, 2.75) is 20.4 Å². The molecular weight excluding hydrogens is 271 g/mol. The number of amides is 1. The Morgan fingerprint density at radius 3 is 2.43 bits per heavy atom. The van der Waals surface area contributed by atoms with E-state index in [9.17, 15) is 14.0 Å². The molecule has 0 aliphatic carbocycles. The Morgan fingerprint density at radius 2 is 1.86 bits per heavy atom. The third-order valence-corrected chi connectivity index (χ3v) is 3.54. The lowest BCUT2D eigenvalue weighted by molar-refractivity contribution is 0.0961. The molecule has 2 rings (SSSR count). The topological polar surface area (TPSA) is 51.1 Å². The van der Waals surface area contributed by atoms with Crippen molar-refractivity contribution in [2.75, 3.05) is 7.05 Å². The van der Waals surface area contributed by atoms with E-state index < -0.39 is 5.91 Å². The fourth-order valence-electron chi connectivity index (χ4n) is 2.15. The van der Waals surface area contributed by atoms with Crippen LogP contribution in [0.5, 0.6) is 0 Å². The molecule has 1 aromatic carbocycles. The third-order valence-electron chi connectivity index (χ3n) is 3.54. The normalized spacial score (nSPS) is 10.5. The van der Waals surface area contributed by atoms with Gasteiger partial charge in [0.15, 0.2) is 0 Å². The Labute approximate surface area is 122 Å². The van der Waals surface area contributed by atoms with Crippen LogP contribution in [0.3, 0.4) is 0 Å². The number of benzene rings is 1. The van der Waals surface area contributed by atoms with Crippen molar-refractivity contribution in [3.63, 3.8) is 0 Å². The molecule has 0 bridgehead atoms. The molecule has 1 aromatic heterocycles. The number of rotatable bonds is 3. The number of nitrogens with zero attached hydrogens (tertiary/aromatic N) is 1. The number of pyridine rings is 1. The lowest BCUT2D eigenvalue weighted by Crippen LogP contribution is -2.33. The molecule has 5 heteroatoms. The van der Waals surface area contributed by atoms with Gasteiger partial charge in [-0.2, -0.15) is 0 Å². The highest BCUT2D eigenvalue weighted by Crippen LogP contribution is 2.10. The highest BCUT2D eigenvalue weighted by atomic mass is 19.1. The van der Waals surface area contributed by atoms with Crippen molar-refractivity contribution < 1.29 is 9.18 Å². The Hall–Kier alpha value is -2.43. The van der Waals surface area contributed by atoms with Gasteiger partial charge in [-0.05, 0) is 43.2 Å². The maximum Gasteiger partial charge on any atom is 0.263 e. The van der Waals surface area contributed by atoms with Gasteiger partial charge in [-0.15, -0.1) is 0 Å². The number of carbonyl (C=O) groups is 1. The molecule has 0 aliphatic rings. The summed E-state index contributed by atoms with van der Waals surface area (Å²) in [4.78, 5) is 24.2. The van der Waals surface area contributed by atoms with E-state index in [2.05, 4.69) is 5.32 Å². The van der Waals surface area contributed by atoms with Crippen LogP contribution in [0.4, 0.5) is 4.39 Å². The van der Waals surface area contributed by atoms with Gasteiger partial charge in [0.1, 0.15) is 11.4 Å². The summed E-state index contributed by atoms with van der Waals surface area (Å²) in [7, 11) is 1.49. The van der Waals surface area contributed by atoms with Crippen molar-refractivity contribution in [3.05, 3.63) is 68.9 Å². The van der Waals surface area contributed by atoms with E-state index in [0.29, 0.717) is 6.54 Å². The maximum absolute atomic E-state index is 12.9. The number of aryl methyl sites for hydroxylation is 1. The van der Waals surface area contributed by atoms with E-state index in [4.69, 9.17) is 0 Å². The fourth-order valence-corrected chi connectivity index (χ4v) is 2.15. The van der Waals surface area contributed by atoms with Crippen LogP contribution in [0.2, 0.25) is 0 Å². The van der Waals surface area contributed by atoms with Crippen molar-refractivity contribution in [2.24, 2.45) is 0 Å². The van der Waals surface area contributed by atoms with Crippen LogP contribution in [0.1, 0.15) is 27.2 Å². The van der Waals surface area contributed by atoms with Crippen LogP contribution in [0.15, 0.2) is 35.1 Å². The molecule has 2 aromatic rings. The van der Waals surface area contributed by atoms with Gasteiger partial charge < -0.3 is 9.88 Å². The predicted molar refractivity (Wildman–Crippen MR) is 79.1 cm³/mol. The van der Waals surface area contributed by atoms with E-state index in [0.717, 1.165) is 16.8 Å². The highest BCUT2D eigenvalue weighted by molar-refractivity contribution is 5.93. The van der Waals surface area contributed by atoms with Gasteiger partial charge in [0, 0.05) is 12.7 Å². The Bertz CT molecular complexity index is 733. The first-order chi connectivity index (χ1) is 9.93. The van der Waals surface area contributed by atoms with Crippen LogP contribution in [0.25, 0.3) is 0 Å². The molecule has 110 valence electrons. The van der Waals surface area contributed by atoms with E-state index in [1.54, 1.807) is 18.2 Å². The van der Waals surface area contributed by atoms with Gasteiger partial charge >= 0.3 is 0 Å². The summed E-state index contributed by atoms with van der Waals surface area (Å²) in [6.45, 7) is 3.98. The zero-order valence-corrected chi connectivity index (χ0v) is 12.2. The Morgan fingerprint density at radius 1 is 1.24 bits per heavy atom. The monoisotopic (exact) mass is 288 g/mol. The highest BCUT2D eigenvalue weighted by Gasteiger charge is 2.15. The molecule has 21 heavy (non-hydrogen) atoms. The number of carbonyl (C=O) groups excluding carboxylic acids is 1. The van der Waals surface area contributed by atoms with Crippen molar-refractivity contribution in [1.82, 2.24) is 9.88 Å². The van der Waals surface area contributed by atoms with Gasteiger partial charge in [0.2, 0.25) is 0 Å². The van der Waals surface area contributed by atoms with Crippen LogP contribution in [-0.2, 0) is 6.54 Å². The number of hydrogen-bond donors (Lipinski definition) is 1. The van der Waals surface area contributed by atoms with Crippen LogP contribution in [0, 0.1) is 19.7 Å². The fraction of sp³-hybridized carbons (Fsp3) is 0.250. The molecule has 0 fully saturated rings. The van der Waals surface area contributed by atoms with Crippen LogP contribution >= 0.6 is 0 Å². The molecular formula is C16H17FN2O2. The standard InChI is InChI=1S/C16H17FN2O2/c1-10-8-14(15(20)18-3)16(21)19(11(10)2)9-12-4-6-13(17)7-5-12/h4-8H,9H2,1-3H3,(H,18,20). The Kier molecular flexibility index (Phi) is 4.21. The van der Waals surface area contributed by atoms with Gasteiger partial charge in [0.05, 0.1) is 6.54 Å². The zero-order valence-electron chi connectivity index (χ0n) is 12.2. The molecule has 1 heterocycles. The molecule has 1 amide bonds. The number of halogens is 1. The third kappa shape index (κ3) is 3.02. The SMILES string of the molecule is CNC(=O)c1cc(C)c(C)n(Cc2ccc(F)cc2)c1=O. The Balaban J connectivity index is 2.52. The first-order valence-electron chi connectivity index (χ1n) is 6.61. The molecule has 0 saturated heterocycles. The summed E-state index contributed by atoms with van der Waals surface area (Å²) in [6, 6.07) is 7.56. The number of hydrogen-bond acceptors (Lipinski definition) is 2. The van der Waals surface area contributed by atoms with Crippen molar-refractivity contribution in [3.8, 4) is 0 Å². The quantitative estimate of drug-likeness (QED) is 0.939. The van der Waals surface area contributed by atoms with Crippen molar-refractivity contribution >= 4 is 5.91 Å². The number of nitrogens with one attached hydrogen (secondary N) is 1. The van der Waals surface area contributed by atoms with Gasteiger partial charge in [-0.25, -0.2) is 4.39 Å². The van der Waals surface area contributed by atoms with E-state index in [-0.39, 0.29) is 16.9 Å². The zero-order chi connectivity index (χ0) is 15.6. The summed E-state index contributed by atoms with van der Waals surface area (Å²) < 4.78 is 14.5. The molecule has 0 spiro atoms. The minimum absolute atomic E-state index is 0.114. The minimum atomic E-state index is -0.407. The summed E-state index contributed by atoms with van der Waals surface area (Å²) >= 11 is 0. The second-order valence-corrected chi connectivity index (χ2v) is 4.92. The number of aromatic nitrogens is 1. The minimum Gasteiger partial charge on any atom is -0.355 e. The second kappa shape index (κ2) is 5.91. The summed E-state index contributed by atoms with van der Waals surface area (Å²) in [5, 5.41) is 2.47. The van der Waals surface area contributed by atoms with Gasteiger partial charge in [-0.1, -0.05) is 12.1 Å². The molecule has 4 nitrogen and oxygen atoms in total. The molecule has 0 atom stereocenters. The first-order valence-corrected chi connectivity index (χ1v) is 6.61. The largest absolute Gasteiger partial charge is 0.355 e. The maximum atomic E-state index is 12.9. The lowest BCUT2D eigenvalue weighted by atomic mass is 10.1. The molecule has 0 saturated carbocycles. The second-order valence-electron chi connectivity index (χ2n) is 4.92. The molecule has 0 unspecified atom stereocenters. The summed E-state index contributed by atoms with van der Waals surface area (Å²) in [5.41, 5.74) is 2.21. The predicted octanol–water partition coefficient (Wildman–Crippen LogP) is 2.01. The van der Waals surface area contributed by atoms with Crippen LogP contribution < -0.4 is 10.9 Å². The smallest absolute Gasteiger partial charge is 0.263 e. The average Bonchev–Trinajstić information content (AvgIpc) is 2.48.